The number of nitrogens with two attached hydrogens (primary N) is 1. The minimum Gasteiger partial charge on any atom is -0.323 e. The van der Waals surface area contributed by atoms with Crippen molar-refractivity contribution in [1.29, 1.82) is 0 Å². The summed E-state index contributed by atoms with van der Waals surface area (Å²) in [5, 5.41) is 0. The number of hydrogen-bond acceptors (Lipinski definition) is 3. The number of rotatable bonds is 6. The molecule has 1 atom stereocenters. The number of likely N-dealkylation sites (tertiary alicyclic amines) is 1. The summed E-state index contributed by atoms with van der Waals surface area (Å²) in [6.45, 7) is 5.77. The minimum absolute atomic E-state index is 0.120. The van der Waals surface area contributed by atoms with E-state index in [0.717, 1.165) is 13.1 Å². The molecule has 1 saturated heterocycles. The highest BCUT2D eigenvalue weighted by Gasteiger charge is 2.13. The van der Waals surface area contributed by atoms with Crippen molar-refractivity contribution in [2.45, 2.75) is 18.9 Å². The Hall–Kier alpha value is -0.900. The Kier molecular flexibility index (Phi) is 5.17. The number of likely N-dealkylation sites (N-methyl/N-ethyl adjacent to an activating group) is 1. The Morgan fingerprint density at radius 1 is 1.22 bits per heavy atom. The van der Waals surface area contributed by atoms with Crippen LogP contribution in [0.1, 0.15) is 24.4 Å². The first-order valence-corrected chi connectivity index (χ1v) is 6.97. The van der Waals surface area contributed by atoms with Crippen molar-refractivity contribution in [2.75, 3.05) is 39.8 Å². The molecule has 2 N–H and O–H groups in total. The molecule has 0 unspecified atom stereocenters. The number of hydrogen-bond donors (Lipinski definition) is 1. The molecule has 1 fully saturated rings. The fraction of sp³-hybridized carbons (Fsp3) is 0.600. The molecule has 0 spiro atoms. The Morgan fingerprint density at radius 3 is 2.56 bits per heavy atom. The average molecular weight is 247 g/mol. The van der Waals surface area contributed by atoms with Crippen molar-refractivity contribution in [3.63, 3.8) is 0 Å². The Bertz CT molecular complexity index is 333. The van der Waals surface area contributed by atoms with E-state index in [1.807, 2.05) is 6.07 Å². The summed E-state index contributed by atoms with van der Waals surface area (Å²) in [5.74, 6) is 0. The summed E-state index contributed by atoms with van der Waals surface area (Å²) in [6, 6.07) is 10.5. The minimum atomic E-state index is 0.120. The predicted molar refractivity (Wildman–Crippen MR) is 76.5 cm³/mol. The van der Waals surface area contributed by atoms with Gasteiger partial charge in [-0.25, -0.2) is 0 Å². The largest absolute Gasteiger partial charge is 0.323 e. The molecule has 3 heteroatoms. The molecule has 100 valence electrons. The third kappa shape index (κ3) is 4.09. The maximum atomic E-state index is 6.22. The van der Waals surface area contributed by atoms with Crippen molar-refractivity contribution >= 4 is 0 Å². The maximum Gasteiger partial charge on any atom is 0.0424 e. The van der Waals surface area contributed by atoms with Crippen molar-refractivity contribution in [3.8, 4) is 0 Å². The van der Waals surface area contributed by atoms with Gasteiger partial charge >= 0.3 is 0 Å². The third-order valence-electron chi connectivity index (χ3n) is 3.73. The van der Waals surface area contributed by atoms with Crippen LogP contribution in [0, 0.1) is 0 Å². The highest BCUT2D eigenvalue weighted by Crippen LogP contribution is 2.11. The van der Waals surface area contributed by atoms with Gasteiger partial charge in [-0.05, 0) is 38.5 Å². The molecule has 1 aromatic carbocycles. The van der Waals surface area contributed by atoms with Gasteiger partial charge in [0.1, 0.15) is 0 Å². The van der Waals surface area contributed by atoms with Gasteiger partial charge < -0.3 is 15.5 Å². The first kappa shape index (κ1) is 13.5. The van der Waals surface area contributed by atoms with E-state index in [2.05, 4.69) is 41.1 Å². The SMILES string of the molecule is CN(CCN1CCCC1)C[C@@H](N)c1ccccc1. The third-order valence-corrected chi connectivity index (χ3v) is 3.73. The maximum absolute atomic E-state index is 6.22. The molecule has 0 aromatic heterocycles. The molecular weight excluding hydrogens is 222 g/mol. The molecule has 0 bridgehead atoms. The van der Waals surface area contributed by atoms with Gasteiger partial charge in [-0.15, -0.1) is 0 Å². The lowest BCUT2D eigenvalue weighted by molar-refractivity contribution is 0.248. The summed E-state index contributed by atoms with van der Waals surface area (Å²) >= 11 is 0. The van der Waals surface area contributed by atoms with Crippen LogP contribution in [-0.4, -0.2) is 49.6 Å². The van der Waals surface area contributed by atoms with Gasteiger partial charge in [-0.2, -0.15) is 0 Å². The van der Waals surface area contributed by atoms with Gasteiger partial charge in [0, 0.05) is 25.7 Å². The second kappa shape index (κ2) is 6.88. The van der Waals surface area contributed by atoms with E-state index < -0.39 is 0 Å². The first-order valence-electron chi connectivity index (χ1n) is 6.97. The summed E-state index contributed by atoms with van der Waals surface area (Å²) in [6.07, 6.45) is 2.74. The second-order valence-electron chi connectivity index (χ2n) is 5.33. The first-order chi connectivity index (χ1) is 8.75. The summed E-state index contributed by atoms with van der Waals surface area (Å²) in [4.78, 5) is 4.89. The molecule has 0 saturated carbocycles. The van der Waals surface area contributed by atoms with Crippen LogP contribution in [0.3, 0.4) is 0 Å². The fourth-order valence-corrected chi connectivity index (χ4v) is 2.55. The molecule has 18 heavy (non-hydrogen) atoms. The second-order valence-corrected chi connectivity index (χ2v) is 5.33. The lowest BCUT2D eigenvalue weighted by Crippen LogP contribution is -2.35. The zero-order valence-corrected chi connectivity index (χ0v) is 11.4. The molecule has 2 rings (SSSR count). The quantitative estimate of drug-likeness (QED) is 0.830. The van der Waals surface area contributed by atoms with Crippen LogP contribution in [0.15, 0.2) is 30.3 Å². The molecule has 1 heterocycles. The molecule has 1 aliphatic rings. The average Bonchev–Trinajstić information content (AvgIpc) is 2.90. The summed E-state index contributed by atoms with van der Waals surface area (Å²) in [5.41, 5.74) is 7.45. The molecule has 0 aliphatic carbocycles. The predicted octanol–water partition coefficient (Wildman–Crippen LogP) is 1.71. The summed E-state index contributed by atoms with van der Waals surface area (Å²) in [7, 11) is 2.17. The zero-order valence-electron chi connectivity index (χ0n) is 11.4. The molecule has 1 aliphatic heterocycles. The molecule has 1 aromatic rings. The Labute approximate surface area is 111 Å². The van der Waals surface area contributed by atoms with E-state index in [-0.39, 0.29) is 6.04 Å². The monoisotopic (exact) mass is 247 g/mol. The van der Waals surface area contributed by atoms with E-state index in [1.54, 1.807) is 0 Å². The van der Waals surface area contributed by atoms with Crippen molar-refractivity contribution in [2.24, 2.45) is 5.73 Å². The van der Waals surface area contributed by atoms with E-state index in [9.17, 15) is 0 Å². The lowest BCUT2D eigenvalue weighted by Gasteiger charge is -2.24. The molecule has 0 amide bonds. The summed E-state index contributed by atoms with van der Waals surface area (Å²) < 4.78 is 0. The van der Waals surface area contributed by atoms with E-state index in [0.29, 0.717) is 0 Å². The van der Waals surface area contributed by atoms with Gasteiger partial charge in [0.05, 0.1) is 0 Å². The number of nitrogens with zero attached hydrogens (tertiary/aromatic N) is 2. The van der Waals surface area contributed by atoms with Crippen molar-refractivity contribution in [1.82, 2.24) is 9.80 Å². The Morgan fingerprint density at radius 2 is 1.89 bits per heavy atom. The smallest absolute Gasteiger partial charge is 0.0424 e. The van der Waals surface area contributed by atoms with E-state index in [4.69, 9.17) is 5.73 Å². The molecular formula is C15H25N3. The lowest BCUT2D eigenvalue weighted by atomic mass is 10.1. The van der Waals surface area contributed by atoms with Crippen LogP contribution < -0.4 is 5.73 Å². The highest BCUT2D eigenvalue weighted by molar-refractivity contribution is 5.18. The van der Waals surface area contributed by atoms with Gasteiger partial charge in [0.25, 0.3) is 0 Å². The van der Waals surface area contributed by atoms with E-state index >= 15 is 0 Å². The van der Waals surface area contributed by atoms with Crippen LogP contribution in [0.4, 0.5) is 0 Å². The van der Waals surface area contributed by atoms with Gasteiger partial charge in [0.2, 0.25) is 0 Å². The number of benzene rings is 1. The molecule has 0 radical (unpaired) electrons. The van der Waals surface area contributed by atoms with Crippen LogP contribution >= 0.6 is 0 Å². The van der Waals surface area contributed by atoms with Crippen molar-refractivity contribution in [3.05, 3.63) is 35.9 Å². The highest BCUT2D eigenvalue weighted by atomic mass is 15.2. The standard InChI is InChI=1S/C15H25N3/c1-17(11-12-18-9-5-6-10-18)13-15(16)14-7-3-2-4-8-14/h2-4,7-8,15H,5-6,9-13,16H2,1H3/t15-/m1/s1. The fourth-order valence-electron chi connectivity index (χ4n) is 2.55. The van der Waals surface area contributed by atoms with Crippen LogP contribution in [0.25, 0.3) is 0 Å². The van der Waals surface area contributed by atoms with Crippen LogP contribution in [-0.2, 0) is 0 Å². The zero-order chi connectivity index (χ0) is 12.8. The van der Waals surface area contributed by atoms with Gasteiger partial charge in [0.15, 0.2) is 0 Å². The van der Waals surface area contributed by atoms with E-state index in [1.165, 1.54) is 38.0 Å². The molecule has 3 nitrogen and oxygen atoms in total. The van der Waals surface area contributed by atoms with Crippen molar-refractivity contribution < 1.29 is 0 Å². The van der Waals surface area contributed by atoms with Gasteiger partial charge in [-0.3, -0.25) is 0 Å². The van der Waals surface area contributed by atoms with Crippen LogP contribution in [0.5, 0.6) is 0 Å². The Balaban J connectivity index is 1.71. The topological polar surface area (TPSA) is 32.5 Å². The normalized spacial score (nSPS) is 18.4. The van der Waals surface area contributed by atoms with Crippen LogP contribution in [0.2, 0.25) is 0 Å². The van der Waals surface area contributed by atoms with Gasteiger partial charge in [-0.1, -0.05) is 30.3 Å².